The molecule has 1 fully saturated rings. The fourth-order valence-corrected chi connectivity index (χ4v) is 3.56. The number of thiazole rings is 1. The molecule has 4 rings (SSSR count). The highest BCUT2D eigenvalue weighted by Crippen LogP contribution is 2.22. The van der Waals surface area contributed by atoms with Crippen LogP contribution in [0, 0.1) is 0 Å². The van der Waals surface area contributed by atoms with Crippen LogP contribution in [0.1, 0.15) is 16.9 Å². The first-order chi connectivity index (χ1) is 11.3. The fourth-order valence-electron chi connectivity index (χ4n) is 2.88. The van der Waals surface area contributed by atoms with Gasteiger partial charge in [0, 0.05) is 36.1 Å². The maximum Gasteiger partial charge on any atom is 0.270 e. The minimum atomic E-state index is -0.109. The molecule has 1 atom stereocenters. The Bertz CT molecular complexity index is 833. The maximum absolute atomic E-state index is 12.4. The molecule has 1 amide bonds. The van der Waals surface area contributed by atoms with Crippen molar-refractivity contribution in [1.29, 1.82) is 0 Å². The van der Waals surface area contributed by atoms with Gasteiger partial charge in [-0.05, 0) is 18.6 Å². The second-order valence-corrected chi connectivity index (χ2v) is 6.48. The van der Waals surface area contributed by atoms with Crippen LogP contribution in [0.5, 0.6) is 0 Å². The van der Waals surface area contributed by atoms with Crippen molar-refractivity contribution in [2.45, 2.75) is 12.5 Å². The third-order valence-electron chi connectivity index (χ3n) is 4.04. The average molecular weight is 324 g/mol. The summed E-state index contributed by atoms with van der Waals surface area (Å²) in [7, 11) is 0. The molecule has 6 heteroatoms. The van der Waals surface area contributed by atoms with Crippen LogP contribution < -0.4 is 10.2 Å². The van der Waals surface area contributed by atoms with E-state index in [1.54, 1.807) is 17.4 Å². The number of amides is 1. The number of carbonyl (C=O) groups excluding carboxylic acids is 1. The number of para-hydroxylation sites is 1. The van der Waals surface area contributed by atoms with Gasteiger partial charge in [0.15, 0.2) is 5.13 Å². The van der Waals surface area contributed by atoms with Crippen molar-refractivity contribution >= 4 is 33.3 Å². The van der Waals surface area contributed by atoms with Gasteiger partial charge in [0.2, 0.25) is 0 Å². The van der Waals surface area contributed by atoms with Crippen molar-refractivity contribution in [2.75, 3.05) is 18.0 Å². The Hall–Kier alpha value is -2.47. The summed E-state index contributed by atoms with van der Waals surface area (Å²) in [6.45, 7) is 1.72. The number of pyridine rings is 1. The van der Waals surface area contributed by atoms with E-state index in [4.69, 9.17) is 0 Å². The molecule has 116 valence electrons. The van der Waals surface area contributed by atoms with Crippen LogP contribution in [0.15, 0.2) is 48.0 Å². The lowest BCUT2D eigenvalue weighted by molar-refractivity contribution is 0.0935. The van der Waals surface area contributed by atoms with E-state index < -0.39 is 0 Å². The van der Waals surface area contributed by atoms with E-state index in [0.717, 1.165) is 35.5 Å². The van der Waals surface area contributed by atoms with Crippen LogP contribution in [0.4, 0.5) is 5.13 Å². The molecule has 0 radical (unpaired) electrons. The molecule has 1 saturated heterocycles. The number of rotatable bonds is 3. The number of benzene rings is 1. The molecule has 0 unspecified atom stereocenters. The Labute approximate surface area is 138 Å². The summed E-state index contributed by atoms with van der Waals surface area (Å²) in [6, 6.07) is 11.7. The molecule has 23 heavy (non-hydrogen) atoms. The van der Waals surface area contributed by atoms with Crippen molar-refractivity contribution in [3.8, 4) is 0 Å². The second-order valence-electron chi connectivity index (χ2n) is 5.61. The largest absolute Gasteiger partial charge is 0.346 e. The van der Waals surface area contributed by atoms with Gasteiger partial charge in [-0.25, -0.2) is 9.97 Å². The Morgan fingerprint density at radius 2 is 2.17 bits per heavy atom. The normalized spacial score (nSPS) is 17.6. The van der Waals surface area contributed by atoms with E-state index in [-0.39, 0.29) is 11.9 Å². The van der Waals surface area contributed by atoms with Crippen molar-refractivity contribution in [3.05, 3.63) is 53.7 Å². The van der Waals surface area contributed by atoms with Gasteiger partial charge in [0.05, 0.1) is 5.52 Å². The van der Waals surface area contributed by atoms with E-state index >= 15 is 0 Å². The molecule has 1 aliphatic heterocycles. The summed E-state index contributed by atoms with van der Waals surface area (Å²) in [5.74, 6) is -0.109. The van der Waals surface area contributed by atoms with Gasteiger partial charge in [-0.3, -0.25) is 4.79 Å². The van der Waals surface area contributed by atoms with E-state index in [2.05, 4.69) is 20.2 Å². The lowest BCUT2D eigenvalue weighted by Crippen LogP contribution is -2.37. The highest BCUT2D eigenvalue weighted by molar-refractivity contribution is 7.13. The Balaban J connectivity index is 1.45. The van der Waals surface area contributed by atoms with Gasteiger partial charge in [-0.2, -0.15) is 0 Å². The summed E-state index contributed by atoms with van der Waals surface area (Å²) in [4.78, 5) is 23.4. The van der Waals surface area contributed by atoms with Crippen LogP contribution >= 0.6 is 11.3 Å². The number of fused-ring (bicyclic) bond motifs is 1. The molecular weight excluding hydrogens is 308 g/mol. The van der Waals surface area contributed by atoms with Crippen LogP contribution in [0.25, 0.3) is 10.9 Å². The lowest BCUT2D eigenvalue weighted by Gasteiger charge is -2.15. The molecule has 0 aliphatic carbocycles. The van der Waals surface area contributed by atoms with Gasteiger partial charge >= 0.3 is 0 Å². The number of aromatic nitrogens is 2. The highest BCUT2D eigenvalue weighted by atomic mass is 32.1. The van der Waals surface area contributed by atoms with Gasteiger partial charge in [0.1, 0.15) is 5.69 Å². The Kier molecular flexibility index (Phi) is 3.67. The van der Waals surface area contributed by atoms with Crippen molar-refractivity contribution in [3.63, 3.8) is 0 Å². The zero-order valence-corrected chi connectivity index (χ0v) is 13.3. The smallest absolute Gasteiger partial charge is 0.270 e. The standard InChI is InChI=1S/C17H16N4OS/c22-16(15-6-5-12-3-1-2-4-14(12)20-15)19-13-7-9-21(11-13)17-18-8-10-23-17/h1-6,8,10,13H,7,9,11H2,(H,19,22)/t13-/m1/s1. The molecule has 1 aliphatic rings. The van der Waals surface area contributed by atoms with Crippen LogP contribution in [-0.4, -0.2) is 35.0 Å². The summed E-state index contributed by atoms with van der Waals surface area (Å²) in [5, 5.41) is 7.12. The van der Waals surface area contributed by atoms with Gasteiger partial charge in [-0.1, -0.05) is 24.3 Å². The first kappa shape index (κ1) is 14.1. The number of anilines is 1. The van der Waals surface area contributed by atoms with Crippen molar-refractivity contribution in [1.82, 2.24) is 15.3 Å². The predicted octanol–water partition coefficient (Wildman–Crippen LogP) is 2.70. The summed E-state index contributed by atoms with van der Waals surface area (Å²) in [6.07, 6.45) is 2.74. The Morgan fingerprint density at radius 1 is 1.26 bits per heavy atom. The number of nitrogens with one attached hydrogen (secondary N) is 1. The number of hydrogen-bond acceptors (Lipinski definition) is 5. The zero-order chi connectivity index (χ0) is 15.6. The number of nitrogens with zero attached hydrogens (tertiary/aromatic N) is 3. The lowest BCUT2D eigenvalue weighted by atomic mass is 10.2. The SMILES string of the molecule is O=C(N[C@@H]1CCN(c2nccs2)C1)c1ccc2ccccc2n1. The van der Waals surface area contributed by atoms with Gasteiger partial charge in [-0.15, -0.1) is 11.3 Å². The first-order valence-electron chi connectivity index (χ1n) is 7.61. The van der Waals surface area contributed by atoms with Gasteiger partial charge < -0.3 is 10.2 Å². The van der Waals surface area contributed by atoms with Crippen LogP contribution in [0.2, 0.25) is 0 Å². The maximum atomic E-state index is 12.4. The fraction of sp³-hybridized carbons (Fsp3) is 0.235. The third-order valence-corrected chi connectivity index (χ3v) is 4.88. The molecule has 0 spiro atoms. The minimum absolute atomic E-state index is 0.109. The van der Waals surface area contributed by atoms with Crippen molar-refractivity contribution in [2.24, 2.45) is 0 Å². The minimum Gasteiger partial charge on any atom is -0.346 e. The van der Waals surface area contributed by atoms with Gasteiger partial charge in [0.25, 0.3) is 5.91 Å². The molecule has 2 aromatic heterocycles. The summed E-state index contributed by atoms with van der Waals surface area (Å²) >= 11 is 1.63. The molecule has 1 aromatic carbocycles. The average Bonchev–Trinajstić information content (AvgIpc) is 3.25. The topological polar surface area (TPSA) is 58.1 Å². The second kappa shape index (κ2) is 5.96. The first-order valence-corrected chi connectivity index (χ1v) is 8.49. The zero-order valence-electron chi connectivity index (χ0n) is 12.5. The van der Waals surface area contributed by atoms with E-state index in [1.807, 2.05) is 41.9 Å². The molecular formula is C17H16N4OS. The quantitative estimate of drug-likeness (QED) is 0.805. The summed E-state index contributed by atoms with van der Waals surface area (Å²) in [5.41, 5.74) is 1.31. The van der Waals surface area contributed by atoms with Crippen LogP contribution in [0.3, 0.4) is 0 Å². The third kappa shape index (κ3) is 2.90. The number of hydrogen-bond donors (Lipinski definition) is 1. The highest BCUT2D eigenvalue weighted by Gasteiger charge is 2.25. The van der Waals surface area contributed by atoms with E-state index in [9.17, 15) is 4.79 Å². The molecule has 3 heterocycles. The monoisotopic (exact) mass is 324 g/mol. The molecule has 1 N–H and O–H groups in total. The Morgan fingerprint density at radius 3 is 3.04 bits per heavy atom. The molecule has 3 aromatic rings. The van der Waals surface area contributed by atoms with E-state index in [0.29, 0.717) is 5.69 Å². The molecule has 0 bridgehead atoms. The number of carbonyl (C=O) groups is 1. The molecule has 5 nitrogen and oxygen atoms in total. The van der Waals surface area contributed by atoms with Crippen LogP contribution in [-0.2, 0) is 0 Å². The van der Waals surface area contributed by atoms with Crippen molar-refractivity contribution < 1.29 is 4.79 Å². The summed E-state index contributed by atoms with van der Waals surface area (Å²) < 4.78 is 0. The molecule has 0 saturated carbocycles. The predicted molar refractivity (Wildman–Crippen MR) is 91.9 cm³/mol. The van der Waals surface area contributed by atoms with E-state index in [1.165, 1.54) is 0 Å².